The standard InChI is InChI=1S/C14H22O/c1-4-12(5-2)10-14(15)13-8-6-11(3)7-9-13/h6-9,12,14-15H,4-5,10H2,1-3H3. The van der Waals surface area contributed by atoms with Crippen molar-refractivity contribution in [3.05, 3.63) is 35.4 Å². The van der Waals surface area contributed by atoms with Gasteiger partial charge in [-0.2, -0.15) is 0 Å². The Morgan fingerprint density at radius 2 is 1.60 bits per heavy atom. The lowest BCUT2D eigenvalue weighted by molar-refractivity contribution is 0.141. The van der Waals surface area contributed by atoms with Crippen molar-refractivity contribution in [1.29, 1.82) is 0 Å². The first-order chi connectivity index (χ1) is 7.17. The summed E-state index contributed by atoms with van der Waals surface area (Å²) in [7, 11) is 0. The smallest absolute Gasteiger partial charge is 0.0792 e. The minimum atomic E-state index is -0.296. The van der Waals surface area contributed by atoms with Crippen molar-refractivity contribution in [2.75, 3.05) is 0 Å². The molecule has 0 heterocycles. The summed E-state index contributed by atoms with van der Waals surface area (Å²) in [4.78, 5) is 0. The first-order valence-corrected chi connectivity index (χ1v) is 5.92. The Bertz CT molecular complexity index is 272. The van der Waals surface area contributed by atoms with Crippen LogP contribution in [-0.2, 0) is 0 Å². The van der Waals surface area contributed by atoms with Crippen LogP contribution in [0.1, 0.15) is 50.3 Å². The summed E-state index contributed by atoms with van der Waals surface area (Å²) in [6.45, 7) is 6.45. The largest absolute Gasteiger partial charge is 0.388 e. The van der Waals surface area contributed by atoms with Crippen LogP contribution in [0, 0.1) is 12.8 Å². The van der Waals surface area contributed by atoms with Gasteiger partial charge in [0.05, 0.1) is 6.10 Å². The molecule has 0 saturated carbocycles. The van der Waals surface area contributed by atoms with Gasteiger partial charge in [-0.1, -0.05) is 56.5 Å². The van der Waals surface area contributed by atoms with Gasteiger partial charge in [-0.15, -0.1) is 0 Å². The summed E-state index contributed by atoms with van der Waals surface area (Å²) < 4.78 is 0. The van der Waals surface area contributed by atoms with Crippen LogP contribution in [0.15, 0.2) is 24.3 Å². The van der Waals surface area contributed by atoms with Crippen LogP contribution in [0.25, 0.3) is 0 Å². The second-order valence-electron chi connectivity index (χ2n) is 4.34. The molecule has 1 atom stereocenters. The first-order valence-electron chi connectivity index (χ1n) is 5.92. The molecule has 1 heteroatoms. The Morgan fingerprint density at radius 1 is 1.07 bits per heavy atom. The van der Waals surface area contributed by atoms with E-state index in [4.69, 9.17) is 0 Å². The Morgan fingerprint density at radius 3 is 2.07 bits per heavy atom. The molecule has 1 rings (SSSR count). The Balaban J connectivity index is 2.60. The summed E-state index contributed by atoms with van der Waals surface area (Å²) in [6, 6.07) is 8.18. The third-order valence-corrected chi connectivity index (χ3v) is 3.17. The molecule has 1 N–H and O–H groups in total. The van der Waals surface area contributed by atoms with E-state index in [0.29, 0.717) is 5.92 Å². The van der Waals surface area contributed by atoms with Crippen LogP contribution in [0.4, 0.5) is 0 Å². The normalized spacial score (nSPS) is 13.1. The van der Waals surface area contributed by atoms with Gasteiger partial charge >= 0.3 is 0 Å². The molecule has 84 valence electrons. The number of hydrogen-bond donors (Lipinski definition) is 1. The number of aliphatic hydroxyl groups excluding tert-OH is 1. The highest BCUT2D eigenvalue weighted by Crippen LogP contribution is 2.25. The highest BCUT2D eigenvalue weighted by molar-refractivity contribution is 5.23. The van der Waals surface area contributed by atoms with Crippen LogP contribution in [-0.4, -0.2) is 5.11 Å². The summed E-state index contributed by atoms with van der Waals surface area (Å²) >= 11 is 0. The Kier molecular flexibility index (Phi) is 4.83. The van der Waals surface area contributed by atoms with E-state index < -0.39 is 0 Å². The Labute approximate surface area is 93.1 Å². The maximum absolute atomic E-state index is 10.0. The van der Waals surface area contributed by atoms with Gasteiger partial charge in [-0.05, 0) is 24.8 Å². The van der Waals surface area contributed by atoms with Gasteiger partial charge in [0.1, 0.15) is 0 Å². The summed E-state index contributed by atoms with van der Waals surface area (Å²) in [5.74, 6) is 0.640. The predicted molar refractivity (Wildman–Crippen MR) is 64.8 cm³/mol. The van der Waals surface area contributed by atoms with Gasteiger partial charge < -0.3 is 5.11 Å². The number of rotatable bonds is 5. The highest BCUT2D eigenvalue weighted by Gasteiger charge is 2.12. The van der Waals surface area contributed by atoms with Gasteiger partial charge in [0, 0.05) is 0 Å². The zero-order chi connectivity index (χ0) is 11.3. The van der Waals surface area contributed by atoms with E-state index in [1.54, 1.807) is 0 Å². The predicted octanol–water partition coefficient (Wildman–Crippen LogP) is 3.85. The van der Waals surface area contributed by atoms with Gasteiger partial charge in [-0.3, -0.25) is 0 Å². The van der Waals surface area contributed by atoms with Crippen LogP contribution in [0.5, 0.6) is 0 Å². The molecule has 0 radical (unpaired) electrons. The summed E-state index contributed by atoms with van der Waals surface area (Å²) in [6.07, 6.45) is 2.89. The highest BCUT2D eigenvalue weighted by atomic mass is 16.3. The second kappa shape index (κ2) is 5.92. The van der Waals surface area contributed by atoms with Crippen molar-refractivity contribution in [3.63, 3.8) is 0 Å². The minimum Gasteiger partial charge on any atom is -0.388 e. The maximum atomic E-state index is 10.0. The van der Waals surface area contributed by atoms with E-state index in [1.807, 2.05) is 12.1 Å². The molecule has 0 amide bonds. The number of aliphatic hydroxyl groups is 1. The summed E-state index contributed by atoms with van der Waals surface area (Å²) in [5, 5.41) is 10.0. The lowest BCUT2D eigenvalue weighted by Gasteiger charge is -2.17. The van der Waals surface area contributed by atoms with Crippen LogP contribution in [0.3, 0.4) is 0 Å². The molecule has 0 aromatic heterocycles. The molecule has 0 bridgehead atoms. The first kappa shape index (κ1) is 12.3. The molecule has 1 aromatic carbocycles. The molecule has 1 nitrogen and oxygen atoms in total. The van der Waals surface area contributed by atoms with Gasteiger partial charge in [-0.25, -0.2) is 0 Å². The van der Waals surface area contributed by atoms with Crippen LogP contribution >= 0.6 is 0 Å². The maximum Gasteiger partial charge on any atom is 0.0792 e. The average Bonchev–Trinajstić information content (AvgIpc) is 2.26. The molecule has 0 spiro atoms. The topological polar surface area (TPSA) is 20.2 Å². The van der Waals surface area contributed by atoms with Crippen molar-refractivity contribution in [3.8, 4) is 0 Å². The lowest BCUT2D eigenvalue weighted by Crippen LogP contribution is -2.05. The van der Waals surface area contributed by atoms with Gasteiger partial charge in [0.15, 0.2) is 0 Å². The van der Waals surface area contributed by atoms with Crippen LogP contribution < -0.4 is 0 Å². The molecule has 0 aliphatic carbocycles. The quantitative estimate of drug-likeness (QED) is 0.775. The number of aryl methyl sites for hydroxylation is 1. The van der Waals surface area contributed by atoms with Crippen molar-refractivity contribution in [2.45, 2.75) is 46.1 Å². The fraction of sp³-hybridized carbons (Fsp3) is 0.571. The van der Waals surface area contributed by atoms with Crippen LogP contribution in [0.2, 0.25) is 0 Å². The molecule has 15 heavy (non-hydrogen) atoms. The zero-order valence-electron chi connectivity index (χ0n) is 10.0. The third kappa shape index (κ3) is 3.67. The van der Waals surface area contributed by atoms with E-state index >= 15 is 0 Å². The number of hydrogen-bond acceptors (Lipinski definition) is 1. The molecule has 0 fully saturated rings. The van der Waals surface area contributed by atoms with E-state index in [-0.39, 0.29) is 6.10 Å². The third-order valence-electron chi connectivity index (χ3n) is 3.17. The van der Waals surface area contributed by atoms with Gasteiger partial charge in [0.2, 0.25) is 0 Å². The fourth-order valence-corrected chi connectivity index (χ4v) is 1.86. The molecule has 0 aliphatic heterocycles. The fourth-order valence-electron chi connectivity index (χ4n) is 1.86. The van der Waals surface area contributed by atoms with E-state index in [1.165, 1.54) is 5.56 Å². The average molecular weight is 206 g/mol. The van der Waals surface area contributed by atoms with Crippen molar-refractivity contribution < 1.29 is 5.11 Å². The molecule has 1 unspecified atom stereocenters. The monoisotopic (exact) mass is 206 g/mol. The second-order valence-corrected chi connectivity index (χ2v) is 4.34. The molecular formula is C14H22O. The van der Waals surface area contributed by atoms with Crippen molar-refractivity contribution in [2.24, 2.45) is 5.92 Å². The SMILES string of the molecule is CCC(CC)CC(O)c1ccc(C)cc1. The van der Waals surface area contributed by atoms with E-state index in [9.17, 15) is 5.11 Å². The molecule has 1 aromatic rings. The number of benzene rings is 1. The van der Waals surface area contributed by atoms with E-state index in [0.717, 1.165) is 24.8 Å². The summed E-state index contributed by atoms with van der Waals surface area (Å²) in [5.41, 5.74) is 2.29. The molecule has 0 saturated heterocycles. The molecule has 0 aliphatic rings. The zero-order valence-corrected chi connectivity index (χ0v) is 10.0. The lowest BCUT2D eigenvalue weighted by atomic mass is 9.93. The van der Waals surface area contributed by atoms with Crippen molar-refractivity contribution in [1.82, 2.24) is 0 Å². The minimum absolute atomic E-state index is 0.296. The van der Waals surface area contributed by atoms with Gasteiger partial charge in [0.25, 0.3) is 0 Å². The van der Waals surface area contributed by atoms with Crippen molar-refractivity contribution >= 4 is 0 Å². The molecular weight excluding hydrogens is 184 g/mol. The van der Waals surface area contributed by atoms with E-state index in [2.05, 4.69) is 32.9 Å². The Hall–Kier alpha value is -0.820.